The van der Waals surface area contributed by atoms with Crippen LogP contribution in [0.2, 0.25) is 0 Å². The normalized spacial score (nSPS) is 10.8. The molecule has 1 aromatic rings. The molecule has 0 atom stereocenters. The van der Waals surface area contributed by atoms with E-state index in [2.05, 4.69) is 4.99 Å². The van der Waals surface area contributed by atoms with E-state index in [4.69, 9.17) is 5.73 Å². The number of nitrogen functional groups attached to an aromatic ring is 1. The maximum atomic E-state index is 5.61. The molecule has 0 radical (unpaired) electrons. The van der Waals surface area contributed by atoms with Crippen LogP contribution in [-0.2, 0) is 0 Å². The molecule has 0 fully saturated rings. The van der Waals surface area contributed by atoms with Gasteiger partial charge < -0.3 is 5.73 Å². The minimum Gasteiger partial charge on any atom is -0.399 e. The maximum absolute atomic E-state index is 5.61. The number of hydrogen-bond acceptors (Lipinski definition) is 2. The number of benzene rings is 1. The Morgan fingerprint density at radius 3 is 2.83 bits per heavy atom. The van der Waals surface area contributed by atoms with Crippen molar-refractivity contribution in [1.82, 2.24) is 0 Å². The number of nitrogens with zero attached hydrogens (tertiary/aromatic N) is 1. The summed E-state index contributed by atoms with van der Waals surface area (Å²) in [4.78, 5) is 4.17. The molecule has 0 heterocycles. The second-order valence-corrected chi connectivity index (χ2v) is 2.74. The molecule has 0 bridgehead atoms. The largest absolute Gasteiger partial charge is 0.399 e. The Morgan fingerprint density at radius 1 is 1.50 bits per heavy atom. The number of aryl methyl sites for hydroxylation is 1. The standard InChI is InChI=1S/C10H14N2/c1-3-12-7-9-4-5-10(11)6-8(9)2/h4-7H,3,11H2,1-2H3. The summed E-state index contributed by atoms with van der Waals surface area (Å²) >= 11 is 0. The molecule has 0 aromatic heterocycles. The Kier molecular flexibility index (Phi) is 2.86. The summed E-state index contributed by atoms with van der Waals surface area (Å²) in [5.41, 5.74) is 8.74. The molecular weight excluding hydrogens is 148 g/mol. The Labute approximate surface area is 73.1 Å². The van der Waals surface area contributed by atoms with Crippen LogP contribution in [-0.4, -0.2) is 12.8 Å². The summed E-state index contributed by atoms with van der Waals surface area (Å²) in [6.45, 7) is 4.88. The molecule has 2 heteroatoms. The first-order chi connectivity index (χ1) is 5.74. The maximum Gasteiger partial charge on any atom is 0.0361 e. The van der Waals surface area contributed by atoms with Gasteiger partial charge in [-0.3, -0.25) is 4.99 Å². The molecule has 0 aliphatic carbocycles. The number of nitrogens with two attached hydrogens (primary N) is 1. The van der Waals surface area contributed by atoms with Crippen molar-refractivity contribution in [1.29, 1.82) is 0 Å². The summed E-state index contributed by atoms with van der Waals surface area (Å²) in [7, 11) is 0. The van der Waals surface area contributed by atoms with E-state index in [-0.39, 0.29) is 0 Å². The molecule has 0 unspecified atom stereocenters. The van der Waals surface area contributed by atoms with Crippen LogP contribution in [0, 0.1) is 6.92 Å². The van der Waals surface area contributed by atoms with Gasteiger partial charge in [-0.15, -0.1) is 0 Å². The van der Waals surface area contributed by atoms with Gasteiger partial charge in [0.1, 0.15) is 0 Å². The molecule has 0 saturated carbocycles. The quantitative estimate of drug-likeness (QED) is 0.524. The van der Waals surface area contributed by atoms with E-state index in [1.807, 2.05) is 38.3 Å². The fraction of sp³-hybridized carbons (Fsp3) is 0.300. The average molecular weight is 162 g/mol. The predicted molar refractivity (Wildman–Crippen MR) is 53.7 cm³/mol. The number of aliphatic imine (C=N–C) groups is 1. The third-order valence-electron chi connectivity index (χ3n) is 1.71. The van der Waals surface area contributed by atoms with Gasteiger partial charge in [-0.1, -0.05) is 6.07 Å². The van der Waals surface area contributed by atoms with Crippen LogP contribution in [0.1, 0.15) is 18.1 Å². The molecule has 1 rings (SSSR count). The first-order valence-electron chi connectivity index (χ1n) is 4.10. The highest BCUT2D eigenvalue weighted by atomic mass is 14.7. The van der Waals surface area contributed by atoms with Gasteiger partial charge in [0.25, 0.3) is 0 Å². The van der Waals surface area contributed by atoms with Crippen molar-refractivity contribution in [2.45, 2.75) is 13.8 Å². The van der Waals surface area contributed by atoms with E-state index in [1.54, 1.807) is 0 Å². The topological polar surface area (TPSA) is 38.4 Å². The summed E-state index contributed by atoms with van der Waals surface area (Å²) < 4.78 is 0. The lowest BCUT2D eigenvalue weighted by Gasteiger charge is -2.00. The van der Waals surface area contributed by atoms with Gasteiger partial charge in [-0.05, 0) is 37.1 Å². The number of anilines is 1. The van der Waals surface area contributed by atoms with E-state index in [0.717, 1.165) is 17.8 Å². The van der Waals surface area contributed by atoms with Gasteiger partial charge >= 0.3 is 0 Å². The van der Waals surface area contributed by atoms with Gasteiger partial charge in [0, 0.05) is 18.4 Å². The summed E-state index contributed by atoms with van der Waals surface area (Å²) in [6, 6.07) is 5.84. The molecule has 0 amide bonds. The van der Waals surface area contributed by atoms with Crippen molar-refractivity contribution in [2.24, 2.45) is 4.99 Å². The summed E-state index contributed by atoms with van der Waals surface area (Å²) in [5, 5.41) is 0. The molecule has 2 nitrogen and oxygen atoms in total. The van der Waals surface area contributed by atoms with E-state index in [1.165, 1.54) is 5.56 Å². The second-order valence-electron chi connectivity index (χ2n) is 2.74. The Morgan fingerprint density at radius 2 is 2.25 bits per heavy atom. The molecule has 2 N–H and O–H groups in total. The molecule has 0 saturated heterocycles. The highest BCUT2D eigenvalue weighted by Gasteiger charge is 1.93. The van der Waals surface area contributed by atoms with Crippen molar-refractivity contribution < 1.29 is 0 Å². The van der Waals surface area contributed by atoms with E-state index >= 15 is 0 Å². The van der Waals surface area contributed by atoms with Crippen LogP contribution in [0.15, 0.2) is 23.2 Å². The highest BCUT2D eigenvalue weighted by Crippen LogP contribution is 2.10. The average Bonchev–Trinajstić information content (AvgIpc) is 2.03. The van der Waals surface area contributed by atoms with Crippen LogP contribution >= 0.6 is 0 Å². The molecule has 1 aromatic carbocycles. The van der Waals surface area contributed by atoms with Crippen molar-refractivity contribution in [3.8, 4) is 0 Å². The van der Waals surface area contributed by atoms with Crippen molar-refractivity contribution >= 4 is 11.9 Å². The molecule has 0 aliphatic rings. The van der Waals surface area contributed by atoms with Crippen molar-refractivity contribution in [3.63, 3.8) is 0 Å². The Balaban J connectivity index is 2.94. The van der Waals surface area contributed by atoms with Crippen LogP contribution in [0.3, 0.4) is 0 Å². The third kappa shape index (κ3) is 2.09. The fourth-order valence-electron chi connectivity index (χ4n) is 1.03. The van der Waals surface area contributed by atoms with Gasteiger partial charge in [0.05, 0.1) is 0 Å². The summed E-state index contributed by atoms with van der Waals surface area (Å²) in [6.07, 6.45) is 1.88. The third-order valence-corrected chi connectivity index (χ3v) is 1.71. The number of hydrogen-bond donors (Lipinski definition) is 1. The molecular formula is C10H14N2. The van der Waals surface area contributed by atoms with Gasteiger partial charge in [-0.25, -0.2) is 0 Å². The van der Waals surface area contributed by atoms with Gasteiger partial charge in [-0.2, -0.15) is 0 Å². The van der Waals surface area contributed by atoms with E-state index in [0.29, 0.717) is 0 Å². The smallest absolute Gasteiger partial charge is 0.0361 e. The summed E-state index contributed by atoms with van der Waals surface area (Å²) in [5.74, 6) is 0. The Bertz CT molecular complexity index is 290. The SMILES string of the molecule is CCN=Cc1ccc(N)cc1C. The van der Waals surface area contributed by atoms with Crippen LogP contribution < -0.4 is 5.73 Å². The molecule has 0 aliphatic heterocycles. The lowest BCUT2D eigenvalue weighted by Crippen LogP contribution is -1.91. The highest BCUT2D eigenvalue weighted by molar-refractivity contribution is 5.82. The lowest BCUT2D eigenvalue weighted by atomic mass is 10.1. The minimum atomic E-state index is 0.807. The van der Waals surface area contributed by atoms with Crippen LogP contribution in [0.25, 0.3) is 0 Å². The number of rotatable bonds is 2. The van der Waals surface area contributed by atoms with E-state index in [9.17, 15) is 0 Å². The van der Waals surface area contributed by atoms with E-state index < -0.39 is 0 Å². The monoisotopic (exact) mass is 162 g/mol. The molecule has 64 valence electrons. The molecule has 0 spiro atoms. The zero-order valence-electron chi connectivity index (χ0n) is 7.54. The van der Waals surface area contributed by atoms with Crippen LogP contribution in [0.4, 0.5) is 5.69 Å². The van der Waals surface area contributed by atoms with Crippen LogP contribution in [0.5, 0.6) is 0 Å². The second kappa shape index (κ2) is 3.90. The van der Waals surface area contributed by atoms with Crippen molar-refractivity contribution in [3.05, 3.63) is 29.3 Å². The molecule has 12 heavy (non-hydrogen) atoms. The predicted octanol–water partition coefficient (Wildman–Crippen LogP) is 2.02. The fourth-order valence-corrected chi connectivity index (χ4v) is 1.03. The van der Waals surface area contributed by atoms with Crippen molar-refractivity contribution in [2.75, 3.05) is 12.3 Å². The first-order valence-corrected chi connectivity index (χ1v) is 4.10. The van der Waals surface area contributed by atoms with Gasteiger partial charge in [0.2, 0.25) is 0 Å². The Hall–Kier alpha value is -1.31. The minimum absolute atomic E-state index is 0.807. The zero-order valence-corrected chi connectivity index (χ0v) is 7.54. The first kappa shape index (κ1) is 8.78. The zero-order chi connectivity index (χ0) is 8.97. The lowest BCUT2D eigenvalue weighted by molar-refractivity contribution is 1.14. The van der Waals surface area contributed by atoms with Gasteiger partial charge in [0.15, 0.2) is 0 Å².